The number of hydrogen-bond donors (Lipinski definition) is 1. The zero-order chi connectivity index (χ0) is 20.1. The fourth-order valence-electron chi connectivity index (χ4n) is 4.12. The molecule has 3 heterocycles. The van der Waals surface area contributed by atoms with Crippen molar-refractivity contribution in [3.8, 4) is 0 Å². The molecule has 2 saturated heterocycles. The summed E-state index contributed by atoms with van der Waals surface area (Å²) in [5.41, 5.74) is 1.80. The molecule has 4 rings (SSSR count). The number of carbonyl (C=O) groups is 1. The number of rotatable bonds is 5. The Morgan fingerprint density at radius 2 is 1.76 bits per heavy atom. The third-order valence-corrected chi connectivity index (χ3v) is 5.85. The van der Waals surface area contributed by atoms with Gasteiger partial charge < -0.3 is 15.1 Å². The normalized spacial score (nSPS) is 18.0. The van der Waals surface area contributed by atoms with Crippen molar-refractivity contribution in [2.24, 2.45) is 5.92 Å². The number of anilines is 2. The molecule has 2 aromatic rings. The number of aromatic nitrogens is 2. The van der Waals surface area contributed by atoms with Gasteiger partial charge in [0.15, 0.2) is 0 Å². The summed E-state index contributed by atoms with van der Waals surface area (Å²) in [7, 11) is 0. The number of nitrogens with zero attached hydrogens (tertiary/aromatic N) is 4. The van der Waals surface area contributed by atoms with E-state index >= 15 is 0 Å². The van der Waals surface area contributed by atoms with Crippen LogP contribution < -0.4 is 15.1 Å². The van der Waals surface area contributed by atoms with Crippen molar-refractivity contribution >= 4 is 17.5 Å². The van der Waals surface area contributed by atoms with Gasteiger partial charge in [0.05, 0.1) is 18.1 Å². The highest BCUT2D eigenvalue weighted by molar-refractivity contribution is 5.79. The van der Waals surface area contributed by atoms with E-state index in [1.165, 1.54) is 31.4 Å². The number of piperidine rings is 2. The quantitative estimate of drug-likeness (QED) is 0.840. The molecule has 1 amide bonds. The molecule has 7 heteroatoms. The maximum absolute atomic E-state index is 13.3. The highest BCUT2D eigenvalue weighted by Gasteiger charge is 2.25. The molecule has 2 aliphatic rings. The van der Waals surface area contributed by atoms with Crippen molar-refractivity contribution in [1.82, 2.24) is 15.3 Å². The van der Waals surface area contributed by atoms with Crippen LogP contribution in [0.2, 0.25) is 0 Å². The second-order valence-corrected chi connectivity index (χ2v) is 7.90. The van der Waals surface area contributed by atoms with E-state index in [1.54, 1.807) is 6.07 Å². The van der Waals surface area contributed by atoms with Crippen LogP contribution in [-0.2, 0) is 11.3 Å². The smallest absolute Gasteiger partial charge is 0.225 e. The van der Waals surface area contributed by atoms with E-state index in [1.807, 2.05) is 18.5 Å². The van der Waals surface area contributed by atoms with Gasteiger partial charge in [-0.15, -0.1) is 0 Å². The van der Waals surface area contributed by atoms with Crippen LogP contribution in [-0.4, -0.2) is 42.1 Å². The van der Waals surface area contributed by atoms with Crippen LogP contribution in [0.15, 0.2) is 36.7 Å². The van der Waals surface area contributed by atoms with Crippen molar-refractivity contribution in [3.63, 3.8) is 0 Å². The van der Waals surface area contributed by atoms with E-state index in [0.717, 1.165) is 56.2 Å². The summed E-state index contributed by atoms with van der Waals surface area (Å²) in [6.45, 7) is 4.06. The third-order valence-electron chi connectivity index (χ3n) is 5.85. The van der Waals surface area contributed by atoms with Crippen LogP contribution in [0, 0.1) is 11.7 Å². The van der Waals surface area contributed by atoms with E-state index in [4.69, 9.17) is 0 Å². The van der Waals surface area contributed by atoms with E-state index in [-0.39, 0.29) is 17.6 Å². The van der Waals surface area contributed by atoms with Crippen molar-refractivity contribution in [2.45, 2.75) is 38.6 Å². The lowest BCUT2D eigenvalue weighted by molar-refractivity contribution is -0.125. The largest absolute Gasteiger partial charge is 0.369 e. The third kappa shape index (κ3) is 5.02. The predicted octanol–water partition coefficient (Wildman–Crippen LogP) is 3.14. The molecule has 1 aromatic heterocycles. The zero-order valence-electron chi connectivity index (χ0n) is 16.7. The molecule has 0 atom stereocenters. The zero-order valence-corrected chi connectivity index (χ0v) is 16.7. The molecule has 0 saturated carbocycles. The van der Waals surface area contributed by atoms with Crippen LogP contribution in [0.5, 0.6) is 0 Å². The van der Waals surface area contributed by atoms with Gasteiger partial charge in [0.2, 0.25) is 11.9 Å². The minimum absolute atomic E-state index is 0.00616. The Morgan fingerprint density at radius 3 is 2.45 bits per heavy atom. The van der Waals surface area contributed by atoms with Crippen LogP contribution >= 0.6 is 0 Å². The van der Waals surface area contributed by atoms with Gasteiger partial charge in [-0.3, -0.25) is 4.79 Å². The lowest BCUT2D eigenvalue weighted by atomic mass is 9.95. The first-order valence-corrected chi connectivity index (χ1v) is 10.5. The SMILES string of the molecule is O=C(NCc1cccc(F)c1)C1CCN(c2cnc(N3CCCCC3)nc2)CC1. The van der Waals surface area contributed by atoms with Crippen molar-refractivity contribution < 1.29 is 9.18 Å². The Bertz CT molecular complexity index is 814. The summed E-state index contributed by atoms with van der Waals surface area (Å²) in [5, 5.41) is 2.94. The molecule has 6 nitrogen and oxygen atoms in total. The summed E-state index contributed by atoms with van der Waals surface area (Å²) in [6.07, 6.45) is 9.10. The van der Waals surface area contributed by atoms with Crippen LogP contribution in [0.25, 0.3) is 0 Å². The first-order chi connectivity index (χ1) is 14.2. The van der Waals surface area contributed by atoms with Gasteiger partial charge in [0.25, 0.3) is 0 Å². The van der Waals surface area contributed by atoms with Gasteiger partial charge >= 0.3 is 0 Å². The lowest BCUT2D eigenvalue weighted by Gasteiger charge is -2.33. The van der Waals surface area contributed by atoms with E-state index in [0.29, 0.717) is 6.54 Å². The Morgan fingerprint density at radius 1 is 1.03 bits per heavy atom. The first kappa shape index (κ1) is 19.6. The van der Waals surface area contributed by atoms with Gasteiger partial charge in [0.1, 0.15) is 5.82 Å². The molecule has 0 bridgehead atoms. The Labute approximate surface area is 171 Å². The molecule has 0 aliphatic carbocycles. The van der Waals surface area contributed by atoms with Crippen molar-refractivity contribution in [2.75, 3.05) is 36.0 Å². The maximum Gasteiger partial charge on any atom is 0.225 e. The lowest BCUT2D eigenvalue weighted by Crippen LogP contribution is -2.40. The van der Waals surface area contributed by atoms with Gasteiger partial charge in [-0.1, -0.05) is 12.1 Å². The Balaban J connectivity index is 1.26. The second kappa shape index (κ2) is 9.20. The number of hydrogen-bond acceptors (Lipinski definition) is 5. The molecule has 1 aromatic carbocycles. The van der Waals surface area contributed by atoms with Gasteiger partial charge in [0, 0.05) is 38.6 Å². The number of nitrogens with one attached hydrogen (secondary N) is 1. The summed E-state index contributed by atoms with van der Waals surface area (Å²) >= 11 is 0. The van der Waals surface area contributed by atoms with Gasteiger partial charge in [-0.25, -0.2) is 14.4 Å². The molecular formula is C22H28FN5O. The highest BCUT2D eigenvalue weighted by atomic mass is 19.1. The fraction of sp³-hybridized carbons (Fsp3) is 0.500. The summed E-state index contributed by atoms with van der Waals surface area (Å²) in [5.74, 6) is 0.581. The molecule has 2 fully saturated rings. The molecular weight excluding hydrogens is 369 g/mol. The minimum atomic E-state index is -0.279. The molecule has 2 aliphatic heterocycles. The van der Waals surface area contributed by atoms with E-state index in [2.05, 4.69) is 25.1 Å². The number of benzene rings is 1. The molecule has 0 spiro atoms. The molecule has 154 valence electrons. The van der Waals surface area contributed by atoms with Crippen LogP contribution in [0.3, 0.4) is 0 Å². The van der Waals surface area contributed by atoms with Gasteiger partial charge in [-0.05, 0) is 49.8 Å². The number of carbonyl (C=O) groups excluding carboxylic acids is 1. The molecule has 29 heavy (non-hydrogen) atoms. The maximum atomic E-state index is 13.3. The Hall–Kier alpha value is -2.70. The molecule has 1 N–H and O–H groups in total. The monoisotopic (exact) mass is 397 g/mol. The molecule has 0 radical (unpaired) electrons. The fourth-order valence-corrected chi connectivity index (χ4v) is 4.12. The topological polar surface area (TPSA) is 61.4 Å². The summed E-state index contributed by atoms with van der Waals surface area (Å²) in [4.78, 5) is 26.1. The van der Waals surface area contributed by atoms with Crippen molar-refractivity contribution in [1.29, 1.82) is 0 Å². The van der Waals surface area contributed by atoms with Crippen LogP contribution in [0.1, 0.15) is 37.7 Å². The summed E-state index contributed by atoms with van der Waals surface area (Å²) in [6, 6.07) is 6.34. The highest BCUT2D eigenvalue weighted by Crippen LogP contribution is 2.24. The minimum Gasteiger partial charge on any atom is -0.369 e. The van der Waals surface area contributed by atoms with Crippen molar-refractivity contribution in [3.05, 3.63) is 48.0 Å². The number of amides is 1. The average molecular weight is 397 g/mol. The Kier molecular flexibility index (Phi) is 6.22. The number of halogens is 1. The first-order valence-electron chi connectivity index (χ1n) is 10.5. The second-order valence-electron chi connectivity index (χ2n) is 7.90. The van der Waals surface area contributed by atoms with Gasteiger partial charge in [-0.2, -0.15) is 0 Å². The summed E-state index contributed by atoms with van der Waals surface area (Å²) < 4.78 is 13.3. The van der Waals surface area contributed by atoms with E-state index in [9.17, 15) is 9.18 Å². The predicted molar refractivity (Wildman–Crippen MR) is 111 cm³/mol. The molecule has 0 unspecified atom stereocenters. The van der Waals surface area contributed by atoms with E-state index < -0.39 is 0 Å². The van der Waals surface area contributed by atoms with Crippen LogP contribution in [0.4, 0.5) is 16.0 Å². The standard InChI is InChI=1S/C22H28FN5O/c23-19-6-4-5-17(13-19)14-24-21(29)18-7-11-27(12-8-18)20-15-25-22(26-16-20)28-9-2-1-3-10-28/h4-6,13,15-16,18H,1-3,7-12,14H2,(H,24,29). The average Bonchev–Trinajstić information content (AvgIpc) is 2.78.